The second kappa shape index (κ2) is 5.66. The van der Waals surface area contributed by atoms with Crippen molar-refractivity contribution in [1.29, 1.82) is 0 Å². The van der Waals surface area contributed by atoms with Crippen molar-refractivity contribution in [2.24, 2.45) is 0 Å². The van der Waals surface area contributed by atoms with Gasteiger partial charge in [0.05, 0.1) is 13.0 Å². The van der Waals surface area contributed by atoms with E-state index in [0.29, 0.717) is 25.0 Å². The van der Waals surface area contributed by atoms with Crippen LogP contribution in [0.3, 0.4) is 0 Å². The fraction of sp³-hybridized carbons (Fsp3) is 0.583. The highest BCUT2D eigenvalue weighted by molar-refractivity contribution is 5.69. The SMILES string of the molecule is CCOC(=O)CCNc1nccn(C2CC2)c1=O. The Bertz CT molecular complexity index is 480. The fourth-order valence-electron chi connectivity index (χ4n) is 1.70. The number of aromatic nitrogens is 2. The van der Waals surface area contributed by atoms with Gasteiger partial charge in [-0.05, 0) is 19.8 Å². The lowest BCUT2D eigenvalue weighted by molar-refractivity contribution is -0.142. The normalized spacial score (nSPS) is 14.3. The third-order valence-corrected chi connectivity index (χ3v) is 2.74. The minimum absolute atomic E-state index is 0.121. The molecule has 0 atom stereocenters. The molecule has 98 valence electrons. The first kappa shape index (κ1) is 12.6. The molecule has 0 radical (unpaired) electrons. The number of ether oxygens (including phenoxy) is 1. The lowest BCUT2D eigenvalue weighted by atomic mass is 10.4. The molecule has 1 aromatic rings. The van der Waals surface area contributed by atoms with Crippen LogP contribution in [0, 0.1) is 0 Å². The number of carbonyl (C=O) groups is 1. The number of hydrogen-bond acceptors (Lipinski definition) is 5. The van der Waals surface area contributed by atoms with Gasteiger partial charge in [0.25, 0.3) is 5.56 Å². The van der Waals surface area contributed by atoms with Gasteiger partial charge in [-0.25, -0.2) is 4.98 Å². The topological polar surface area (TPSA) is 73.2 Å². The van der Waals surface area contributed by atoms with Gasteiger partial charge in [-0.1, -0.05) is 0 Å². The Morgan fingerprint density at radius 3 is 3.06 bits per heavy atom. The predicted octanol–water partition coefficient (Wildman–Crippen LogP) is 0.943. The largest absolute Gasteiger partial charge is 0.466 e. The Kier molecular flexibility index (Phi) is 3.96. The molecule has 6 heteroatoms. The van der Waals surface area contributed by atoms with E-state index in [9.17, 15) is 9.59 Å². The number of rotatable bonds is 6. The first-order valence-corrected chi connectivity index (χ1v) is 6.19. The van der Waals surface area contributed by atoms with Crippen molar-refractivity contribution in [3.8, 4) is 0 Å². The quantitative estimate of drug-likeness (QED) is 0.762. The lowest BCUT2D eigenvalue weighted by Gasteiger charge is -2.07. The van der Waals surface area contributed by atoms with Crippen LogP contribution in [0.5, 0.6) is 0 Å². The molecule has 0 saturated heterocycles. The van der Waals surface area contributed by atoms with Crippen LogP contribution >= 0.6 is 0 Å². The summed E-state index contributed by atoms with van der Waals surface area (Å²) in [5.41, 5.74) is -0.121. The summed E-state index contributed by atoms with van der Waals surface area (Å²) in [6, 6.07) is 0.325. The molecule has 0 aromatic carbocycles. The summed E-state index contributed by atoms with van der Waals surface area (Å²) in [4.78, 5) is 27.1. The highest BCUT2D eigenvalue weighted by atomic mass is 16.5. The van der Waals surface area contributed by atoms with Crippen LogP contribution in [-0.2, 0) is 9.53 Å². The van der Waals surface area contributed by atoms with Crippen LogP contribution in [0.15, 0.2) is 17.2 Å². The average molecular weight is 251 g/mol. The Hall–Kier alpha value is -1.85. The van der Waals surface area contributed by atoms with E-state index in [1.165, 1.54) is 0 Å². The van der Waals surface area contributed by atoms with E-state index < -0.39 is 0 Å². The summed E-state index contributed by atoms with van der Waals surface area (Å²) >= 11 is 0. The molecule has 0 bridgehead atoms. The number of carbonyl (C=O) groups excluding carboxylic acids is 1. The molecule has 1 aliphatic rings. The van der Waals surface area contributed by atoms with Gasteiger partial charge in [0.2, 0.25) is 0 Å². The molecule has 1 aromatic heterocycles. The second-order valence-corrected chi connectivity index (χ2v) is 4.20. The van der Waals surface area contributed by atoms with Gasteiger partial charge in [-0.15, -0.1) is 0 Å². The molecule has 2 rings (SSSR count). The van der Waals surface area contributed by atoms with Crippen molar-refractivity contribution in [2.45, 2.75) is 32.2 Å². The van der Waals surface area contributed by atoms with Gasteiger partial charge in [-0.3, -0.25) is 9.59 Å². The Morgan fingerprint density at radius 2 is 2.39 bits per heavy atom. The molecular formula is C12H17N3O3. The number of esters is 1. The van der Waals surface area contributed by atoms with Gasteiger partial charge in [0.15, 0.2) is 5.82 Å². The lowest BCUT2D eigenvalue weighted by Crippen LogP contribution is -2.24. The zero-order valence-electron chi connectivity index (χ0n) is 10.4. The van der Waals surface area contributed by atoms with Gasteiger partial charge in [-0.2, -0.15) is 0 Å². The van der Waals surface area contributed by atoms with Crippen molar-refractivity contribution >= 4 is 11.8 Å². The highest BCUT2D eigenvalue weighted by Crippen LogP contribution is 2.33. The van der Waals surface area contributed by atoms with Crippen LogP contribution in [0.1, 0.15) is 32.2 Å². The van der Waals surface area contributed by atoms with E-state index in [4.69, 9.17) is 4.74 Å². The third-order valence-electron chi connectivity index (χ3n) is 2.74. The van der Waals surface area contributed by atoms with E-state index in [2.05, 4.69) is 10.3 Å². The number of nitrogens with one attached hydrogen (secondary N) is 1. The molecular weight excluding hydrogens is 234 g/mol. The number of hydrogen-bond donors (Lipinski definition) is 1. The molecule has 0 amide bonds. The Morgan fingerprint density at radius 1 is 1.61 bits per heavy atom. The van der Waals surface area contributed by atoms with Crippen LogP contribution in [0.4, 0.5) is 5.82 Å². The number of anilines is 1. The van der Waals surface area contributed by atoms with E-state index in [0.717, 1.165) is 12.8 Å². The summed E-state index contributed by atoms with van der Waals surface area (Å²) in [6.07, 6.45) is 5.63. The summed E-state index contributed by atoms with van der Waals surface area (Å²) in [6.45, 7) is 2.49. The second-order valence-electron chi connectivity index (χ2n) is 4.20. The molecule has 0 unspecified atom stereocenters. The molecule has 1 saturated carbocycles. The van der Waals surface area contributed by atoms with E-state index in [-0.39, 0.29) is 17.9 Å². The molecule has 1 aliphatic carbocycles. The van der Waals surface area contributed by atoms with Gasteiger partial charge < -0.3 is 14.6 Å². The van der Waals surface area contributed by atoms with Gasteiger partial charge in [0, 0.05) is 25.0 Å². The highest BCUT2D eigenvalue weighted by Gasteiger charge is 2.25. The van der Waals surface area contributed by atoms with Crippen LogP contribution in [0.2, 0.25) is 0 Å². The van der Waals surface area contributed by atoms with E-state index >= 15 is 0 Å². The van der Waals surface area contributed by atoms with Crippen LogP contribution in [0.25, 0.3) is 0 Å². The van der Waals surface area contributed by atoms with Crippen molar-refractivity contribution in [3.05, 3.63) is 22.7 Å². The van der Waals surface area contributed by atoms with Crippen LogP contribution < -0.4 is 10.9 Å². The molecule has 1 heterocycles. The Labute approximate surface area is 105 Å². The summed E-state index contributed by atoms with van der Waals surface area (Å²) in [7, 11) is 0. The zero-order chi connectivity index (χ0) is 13.0. The smallest absolute Gasteiger partial charge is 0.307 e. The monoisotopic (exact) mass is 251 g/mol. The zero-order valence-corrected chi connectivity index (χ0v) is 10.4. The first-order valence-electron chi connectivity index (χ1n) is 6.19. The molecule has 1 fully saturated rings. The van der Waals surface area contributed by atoms with Crippen molar-refractivity contribution < 1.29 is 9.53 Å². The van der Waals surface area contributed by atoms with Crippen molar-refractivity contribution in [1.82, 2.24) is 9.55 Å². The Balaban J connectivity index is 1.91. The van der Waals surface area contributed by atoms with Crippen molar-refractivity contribution in [2.75, 3.05) is 18.5 Å². The van der Waals surface area contributed by atoms with E-state index in [1.807, 2.05) is 0 Å². The molecule has 1 N–H and O–H groups in total. The third kappa shape index (κ3) is 3.09. The standard InChI is InChI=1S/C12H17N3O3/c1-2-18-10(16)5-6-13-11-12(17)15(8-7-14-11)9-3-4-9/h7-9H,2-6H2,1H3,(H,13,14). The summed E-state index contributed by atoms with van der Waals surface area (Å²) in [5.74, 6) is 0.0251. The van der Waals surface area contributed by atoms with Crippen molar-refractivity contribution in [3.63, 3.8) is 0 Å². The minimum Gasteiger partial charge on any atom is -0.466 e. The first-order chi connectivity index (χ1) is 8.72. The fourth-order valence-corrected chi connectivity index (χ4v) is 1.70. The average Bonchev–Trinajstić information content (AvgIpc) is 3.16. The maximum atomic E-state index is 12.0. The van der Waals surface area contributed by atoms with Crippen LogP contribution in [-0.4, -0.2) is 28.7 Å². The molecule has 6 nitrogen and oxygen atoms in total. The number of nitrogens with zero attached hydrogens (tertiary/aromatic N) is 2. The predicted molar refractivity (Wildman–Crippen MR) is 66.5 cm³/mol. The summed E-state index contributed by atoms with van der Waals surface area (Å²) in [5, 5.41) is 2.88. The van der Waals surface area contributed by atoms with Gasteiger partial charge >= 0.3 is 5.97 Å². The molecule has 18 heavy (non-hydrogen) atoms. The molecule has 0 spiro atoms. The minimum atomic E-state index is -0.275. The van der Waals surface area contributed by atoms with Gasteiger partial charge in [0.1, 0.15) is 0 Å². The summed E-state index contributed by atoms with van der Waals surface area (Å²) < 4.78 is 6.49. The maximum Gasteiger partial charge on any atom is 0.307 e. The maximum absolute atomic E-state index is 12.0. The van der Waals surface area contributed by atoms with E-state index in [1.54, 1.807) is 23.9 Å². The molecule has 0 aliphatic heterocycles.